The van der Waals surface area contributed by atoms with Crippen molar-refractivity contribution in [3.8, 4) is 0 Å². The molecular formula is C15H25O+. The van der Waals surface area contributed by atoms with Gasteiger partial charge in [0.25, 0.3) is 0 Å². The minimum absolute atomic E-state index is 0.461. The van der Waals surface area contributed by atoms with Crippen LogP contribution in [0.3, 0.4) is 0 Å². The van der Waals surface area contributed by atoms with E-state index in [9.17, 15) is 0 Å². The van der Waals surface area contributed by atoms with E-state index in [0.717, 1.165) is 17.9 Å². The smallest absolute Gasteiger partial charge is 0.217 e. The summed E-state index contributed by atoms with van der Waals surface area (Å²) in [6.45, 7) is 15.4. The van der Waals surface area contributed by atoms with Gasteiger partial charge in [-0.3, -0.25) is 0 Å². The third-order valence-electron chi connectivity index (χ3n) is 3.27. The molecule has 0 aliphatic rings. The molecule has 0 aliphatic carbocycles. The van der Waals surface area contributed by atoms with Gasteiger partial charge in [-0.15, -0.1) is 0 Å². The van der Waals surface area contributed by atoms with Crippen molar-refractivity contribution in [3.63, 3.8) is 0 Å². The molecule has 0 N–H and O–H groups in total. The Kier molecular flexibility index (Phi) is 4.12. The minimum Gasteiger partial charge on any atom is -0.217 e. The van der Waals surface area contributed by atoms with Crippen LogP contribution in [0.1, 0.15) is 74.7 Å². The Morgan fingerprint density at radius 3 is 1.50 bits per heavy atom. The Morgan fingerprint density at radius 2 is 1.25 bits per heavy atom. The quantitative estimate of drug-likeness (QED) is 0.655. The van der Waals surface area contributed by atoms with Crippen LogP contribution in [0.2, 0.25) is 0 Å². The summed E-state index contributed by atoms with van der Waals surface area (Å²) in [5.74, 6) is 3.24. The molecule has 0 atom stereocenters. The van der Waals surface area contributed by atoms with E-state index in [1.807, 2.05) is 0 Å². The highest BCUT2D eigenvalue weighted by molar-refractivity contribution is 5.38. The Bertz CT molecular complexity index is 343. The number of hydrogen-bond donors (Lipinski definition) is 0. The molecule has 0 saturated heterocycles. The van der Waals surface area contributed by atoms with Gasteiger partial charge in [0.15, 0.2) is 0 Å². The van der Waals surface area contributed by atoms with E-state index in [1.165, 1.54) is 16.7 Å². The molecule has 0 bridgehead atoms. The highest BCUT2D eigenvalue weighted by Crippen LogP contribution is 2.31. The summed E-state index contributed by atoms with van der Waals surface area (Å²) in [7, 11) is 0. The highest BCUT2D eigenvalue weighted by Gasteiger charge is 2.28. The molecule has 1 nitrogen and oxygen atoms in total. The van der Waals surface area contributed by atoms with E-state index in [4.69, 9.17) is 4.42 Å². The molecule has 0 fully saturated rings. The molecule has 1 aromatic heterocycles. The Balaban J connectivity index is 3.50. The van der Waals surface area contributed by atoms with Crippen LogP contribution >= 0.6 is 0 Å². The van der Waals surface area contributed by atoms with Crippen molar-refractivity contribution < 1.29 is 4.42 Å². The zero-order chi connectivity index (χ0) is 12.5. The predicted octanol–water partition coefficient (Wildman–Crippen LogP) is 4.99. The van der Waals surface area contributed by atoms with Crippen molar-refractivity contribution in [1.82, 2.24) is 0 Å². The van der Waals surface area contributed by atoms with E-state index in [1.54, 1.807) is 0 Å². The zero-order valence-corrected chi connectivity index (χ0v) is 11.8. The van der Waals surface area contributed by atoms with Crippen LogP contribution in [-0.2, 0) is 6.42 Å². The van der Waals surface area contributed by atoms with E-state index >= 15 is 0 Å². The largest absolute Gasteiger partial charge is 0.335 e. The average molecular weight is 221 g/mol. The normalized spacial score (nSPS) is 11.6. The summed E-state index contributed by atoms with van der Waals surface area (Å²) < 4.78 is 6.10. The van der Waals surface area contributed by atoms with Gasteiger partial charge in [-0.2, -0.15) is 0 Å². The first-order valence-corrected chi connectivity index (χ1v) is 6.36. The van der Waals surface area contributed by atoms with Gasteiger partial charge in [-0.25, -0.2) is 4.42 Å². The first-order chi connectivity index (χ1) is 7.40. The van der Waals surface area contributed by atoms with Gasteiger partial charge in [0, 0.05) is 0 Å². The second-order valence-corrected chi connectivity index (χ2v) is 5.22. The van der Waals surface area contributed by atoms with Crippen LogP contribution in [0, 0.1) is 13.8 Å². The van der Waals surface area contributed by atoms with Gasteiger partial charge in [0.1, 0.15) is 0 Å². The molecular weight excluding hydrogens is 196 g/mol. The Labute approximate surface area is 99.9 Å². The van der Waals surface area contributed by atoms with E-state index in [0.29, 0.717) is 11.8 Å². The molecule has 0 saturated carbocycles. The molecule has 0 aliphatic heterocycles. The third-order valence-corrected chi connectivity index (χ3v) is 3.27. The fraction of sp³-hybridized carbons (Fsp3) is 0.667. The Hall–Kier alpha value is -0.850. The zero-order valence-electron chi connectivity index (χ0n) is 11.8. The monoisotopic (exact) mass is 221 g/mol. The van der Waals surface area contributed by atoms with Crippen LogP contribution < -0.4 is 0 Å². The number of hydrogen-bond acceptors (Lipinski definition) is 0. The molecule has 0 unspecified atom stereocenters. The minimum atomic E-state index is 0.461. The van der Waals surface area contributed by atoms with Crippen LogP contribution in [-0.4, -0.2) is 0 Å². The van der Waals surface area contributed by atoms with Gasteiger partial charge in [-0.1, -0.05) is 34.6 Å². The average Bonchev–Trinajstić information content (AvgIpc) is 2.17. The van der Waals surface area contributed by atoms with E-state index < -0.39 is 0 Å². The predicted molar refractivity (Wildman–Crippen MR) is 70.1 cm³/mol. The van der Waals surface area contributed by atoms with Crippen molar-refractivity contribution in [3.05, 3.63) is 28.2 Å². The van der Waals surface area contributed by atoms with E-state index in [2.05, 4.69) is 48.5 Å². The lowest BCUT2D eigenvalue weighted by atomic mass is 9.93. The van der Waals surface area contributed by atoms with Crippen molar-refractivity contribution >= 4 is 0 Å². The van der Waals surface area contributed by atoms with Crippen molar-refractivity contribution in [2.45, 2.75) is 66.7 Å². The lowest BCUT2D eigenvalue weighted by Gasteiger charge is -2.10. The van der Waals surface area contributed by atoms with Crippen molar-refractivity contribution in [2.24, 2.45) is 0 Å². The van der Waals surface area contributed by atoms with E-state index in [-0.39, 0.29) is 0 Å². The second kappa shape index (κ2) is 4.99. The maximum Gasteiger partial charge on any atom is 0.335 e. The molecule has 16 heavy (non-hydrogen) atoms. The summed E-state index contributed by atoms with van der Waals surface area (Å²) in [6.07, 6.45) is 1.09. The van der Waals surface area contributed by atoms with Gasteiger partial charge in [0.2, 0.25) is 0 Å². The van der Waals surface area contributed by atoms with Crippen LogP contribution in [0.15, 0.2) is 4.42 Å². The molecule has 90 valence electrons. The molecule has 0 amide bonds. The summed E-state index contributed by atoms with van der Waals surface area (Å²) in [6, 6.07) is 0. The second-order valence-electron chi connectivity index (χ2n) is 5.22. The van der Waals surface area contributed by atoms with Gasteiger partial charge < -0.3 is 0 Å². The molecule has 0 radical (unpaired) electrons. The molecule has 0 aromatic carbocycles. The highest BCUT2D eigenvalue weighted by atomic mass is 16.3. The molecule has 1 heteroatoms. The summed E-state index contributed by atoms with van der Waals surface area (Å²) in [4.78, 5) is 0. The number of rotatable bonds is 3. The molecule has 0 spiro atoms. The third kappa shape index (κ3) is 2.28. The van der Waals surface area contributed by atoms with Crippen LogP contribution in [0.25, 0.3) is 0 Å². The summed E-state index contributed by atoms with van der Waals surface area (Å²) in [5.41, 5.74) is 4.16. The lowest BCUT2D eigenvalue weighted by Crippen LogP contribution is -2.05. The fourth-order valence-electron chi connectivity index (χ4n) is 2.48. The molecule has 1 heterocycles. The van der Waals surface area contributed by atoms with Crippen LogP contribution in [0.5, 0.6) is 0 Å². The fourth-order valence-corrected chi connectivity index (χ4v) is 2.48. The SMILES string of the molecule is CCc1c(C)c(C(C)C)[o+]c(C(C)C)c1C. The first kappa shape index (κ1) is 13.2. The lowest BCUT2D eigenvalue weighted by molar-refractivity contribution is 0.404. The van der Waals surface area contributed by atoms with Gasteiger partial charge in [-0.05, 0) is 25.8 Å². The standard InChI is InChI=1S/C15H25O/c1-8-13-11(6)14(9(2)3)16-15(10(4)5)12(13)7/h9-10H,8H2,1-7H3/q+1. The summed E-state index contributed by atoms with van der Waals surface area (Å²) >= 11 is 0. The van der Waals surface area contributed by atoms with Gasteiger partial charge >= 0.3 is 11.5 Å². The van der Waals surface area contributed by atoms with Crippen molar-refractivity contribution in [1.29, 1.82) is 0 Å². The summed E-state index contributed by atoms with van der Waals surface area (Å²) in [5, 5.41) is 0. The topological polar surface area (TPSA) is 11.3 Å². The Morgan fingerprint density at radius 1 is 0.875 bits per heavy atom. The maximum atomic E-state index is 6.10. The first-order valence-electron chi connectivity index (χ1n) is 6.36. The molecule has 1 aromatic rings. The maximum absolute atomic E-state index is 6.10. The van der Waals surface area contributed by atoms with Crippen molar-refractivity contribution in [2.75, 3.05) is 0 Å². The van der Waals surface area contributed by atoms with Gasteiger partial charge in [0.05, 0.1) is 23.0 Å². The molecule has 1 rings (SSSR count). The van der Waals surface area contributed by atoms with Crippen LogP contribution in [0.4, 0.5) is 0 Å².